The SMILES string of the molecule is CCCNC(=O)Cc1c(F)cccc1Cl. The Bertz CT molecular complexity index is 334. The Balaban J connectivity index is 2.68. The van der Waals surface area contributed by atoms with Gasteiger partial charge in [-0.25, -0.2) is 4.39 Å². The standard InChI is InChI=1S/C11H13ClFNO/c1-2-6-14-11(15)7-8-9(12)4-3-5-10(8)13/h3-5H,2,6-7H2,1H3,(H,14,15). The lowest BCUT2D eigenvalue weighted by molar-refractivity contribution is -0.120. The number of nitrogens with one attached hydrogen (secondary N) is 1. The first-order valence-corrected chi connectivity index (χ1v) is 5.22. The van der Waals surface area contributed by atoms with Crippen molar-refractivity contribution in [2.24, 2.45) is 0 Å². The Morgan fingerprint density at radius 1 is 1.53 bits per heavy atom. The molecular formula is C11H13ClFNO. The second-order valence-electron chi connectivity index (χ2n) is 3.23. The molecule has 0 spiro atoms. The summed E-state index contributed by atoms with van der Waals surface area (Å²) in [5, 5.41) is 2.96. The smallest absolute Gasteiger partial charge is 0.224 e. The number of amides is 1. The van der Waals surface area contributed by atoms with Gasteiger partial charge in [0.25, 0.3) is 0 Å². The molecule has 0 aliphatic rings. The lowest BCUT2D eigenvalue weighted by Crippen LogP contribution is -2.26. The number of hydrogen-bond donors (Lipinski definition) is 1. The van der Waals surface area contributed by atoms with E-state index >= 15 is 0 Å². The maximum Gasteiger partial charge on any atom is 0.224 e. The second kappa shape index (κ2) is 5.71. The minimum Gasteiger partial charge on any atom is -0.356 e. The van der Waals surface area contributed by atoms with Gasteiger partial charge in [-0.05, 0) is 18.6 Å². The van der Waals surface area contributed by atoms with Crippen molar-refractivity contribution in [3.05, 3.63) is 34.6 Å². The third kappa shape index (κ3) is 3.51. The first kappa shape index (κ1) is 12.0. The average Bonchev–Trinajstić information content (AvgIpc) is 2.21. The first-order valence-electron chi connectivity index (χ1n) is 4.84. The molecule has 0 saturated carbocycles. The molecule has 0 saturated heterocycles. The monoisotopic (exact) mass is 229 g/mol. The van der Waals surface area contributed by atoms with Gasteiger partial charge >= 0.3 is 0 Å². The van der Waals surface area contributed by atoms with E-state index in [0.29, 0.717) is 11.6 Å². The van der Waals surface area contributed by atoms with Crippen LogP contribution < -0.4 is 5.32 Å². The van der Waals surface area contributed by atoms with Crippen molar-refractivity contribution in [1.82, 2.24) is 5.32 Å². The van der Waals surface area contributed by atoms with E-state index in [-0.39, 0.29) is 17.9 Å². The van der Waals surface area contributed by atoms with Crippen LogP contribution in [0.1, 0.15) is 18.9 Å². The zero-order chi connectivity index (χ0) is 11.3. The third-order valence-electron chi connectivity index (χ3n) is 1.97. The van der Waals surface area contributed by atoms with E-state index in [0.717, 1.165) is 6.42 Å². The Labute approximate surface area is 93.4 Å². The van der Waals surface area contributed by atoms with Crippen molar-refractivity contribution in [3.8, 4) is 0 Å². The highest BCUT2D eigenvalue weighted by atomic mass is 35.5. The summed E-state index contributed by atoms with van der Waals surface area (Å²) in [5.74, 6) is -0.641. The molecule has 15 heavy (non-hydrogen) atoms. The van der Waals surface area contributed by atoms with Crippen LogP contribution in [0.2, 0.25) is 5.02 Å². The summed E-state index contributed by atoms with van der Waals surface area (Å²) in [7, 11) is 0. The maximum atomic E-state index is 13.3. The Morgan fingerprint density at radius 2 is 2.27 bits per heavy atom. The van der Waals surface area contributed by atoms with Gasteiger partial charge in [0, 0.05) is 17.1 Å². The van der Waals surface area contributed by atoms with Crippen LogP contribution in [0.15, 0.2) is 18.2 Å². The highest BCUT2D eigenvalue weighted by Crippen LogP contribution is 2.19. The number of carbonyl (C=O) groups is 1. The second-order valence-corrected chi connectivity index (χ2v) is 3.63. The van der Waals surface area contributed by atoms with E-state index < -0.39 is 5.82 Å². The summed E-state index contributed by atoms with van der Waals surface area (Å²) < 4.78 is 13.3. The lowest BCUT2D eigenvalue weighted by atomic mass is 10.1. The van der Waals surface area contributed by atoms with E-state index in [9.17, 15) is 9.18 Å². The largest absolute Gasteiger partial charge is 0.356 e. The topological polar surface area (TPSA) is 29.1 Å². The summed E-state index contributed by atoms with van der Waals surface area (Å²) >= 11 is 5.79. The normalized spacial score (nSPS) is 10.1. The van der Waals surface area contributed by atoms with Crippen LogP contribution in [0, 0.1) is 5.82 Å². The zero-order valence-corrected chi connectivity index (χ0v) is 9.27. The Morgan fingerprint density at radius 3 is 2.87 bits per heavy atom. The van der Waals surface area contributed by atoms with Gasteiger partial charge in [0.15, 0.2) is 0 Å². The number of rotatable bonds is 4. The van der Waals surface area contributed by atoms with E-state index in [4.69, 9.17) is 11.6 Å². The van der Waals surface area contributed by atoms with Crippen LogP contribution in [0.3, 0.4) is 0 Å². The van der Waals surface area contributed by atoms with Crippen molar-refractivity contribution < 1.29 is 9.18 Å². The van der Waals surface area contributed by atoms with Crippen LogP contribution >= 0.6 is 11.6 Å². The minimum absolute atomic E-state index is 0.00843. The van der Waals surface area contributed by atoms with Gasteiger partial charge in [-0.3, -0.25) is 4.79 Å². The molecule has 82 valence electrons. The molecule has 1 amide bonds. The third-order valence-corrected chi connectivity index (χ3v) is 2.33. The van der Waals surface area contributed by atoms with Gasteiger partial charge in [0.2, 0.25) is 5.91 Å². The van der Waals surface area contributed by atoms with E-state index in [1.54, 1.807) is 6.07 Å². The van der Waals surface area contributed by atoms with Crippen LogP contribution in [0.25, 0.3) is 0 Å². The predicted molar refractivity (Wildman–Crippen MR) is 58.4 cm³/mol. The van der Waals surface area contributed by atoms with Crippen molar-refractivity contribution in [2.75, 3.05) is 6.54 Å². The van der Waals surface area contributed by atoms with Crippen LogP contribution in [0.5, 0.6) is 0 Å². The average molecular weight is 230 g/mol. The van der Waals surface area contributed by atoms with Gasteiger partial charge in [-0.2, -0.15) is 0 Å². The molecular weight excluding hydrogens is 217 g/mol. The first-order chi connectivity index (χ1) is 7.15. The molecule has 1 rings (SSSR count). The highest BCUT2D eigenvalue weighted by Gasteiger charge is 2.10. The Kier molecular flexibility index (Phi) is 4.56. The van der Waals surface area contributed by atoms with E-state index in [2.05, 4.69) is 5.32 Å². The fraction of sp³-hybridized carbons (Fsp3) is 0.364. The molecule has 0 aliphatic carbocycles. The summed E-state index contributed by atoms with van der Waals surface area (Å²) in [5.41, 5.74) is 0.257. The van der Waals surface area contributed by atoms with Gasteiger partial charge in [-0.1, -0.05) is 24.6 Å². The van der Waals surface area contributed by atoms with Crippen molar-refractivity contribution >= 4 is 17.5 Å². The maximum absolute atomic E-state index is 13.3. The molecule has 0 fully saturated rings. The number of halogens is 2. The van der Waals surface area contributed by atoms with Crippen LogP contribution in [-0.4, -0.2) is 12.5 Å². The highest BCUT2D eigenvalue weighted by molar-refractivity contribution is 6.31. The molecule has 4 heteroatoms. The van der Waals surface area contributed by atoms with Crippen LogP contribution in [0.4, 0.5) is 4.39 Å². The quantitative estimate of drug-likeness (QED) is 0.845. The number of benzene rings is 1. The lowest BCUT2D eigenvalue weighted by Gasteiger charge is -2.06. The molecule has 2 nitrogen and oxygen atoms in total. The number of carbonyl (C=O) groups excluding carboxylic acids is 1. The number of hydrogen-bond acceptors (Lipinski definition) is 1. The molecule has 0 unspecified atom stereocenters. The summed E-state index contributed by atoms with van der Waals surface area (Å²) in [4.78, 5) is 11.3. The molecule has 1 N–H and O–H groups in total. The zero-order valence-electron chi connectivity index (χ0n) is 8.52. The predicted octanol–water partition coefficient (Wildman–Crippen LogP) is 2.55. The molecule has 0 aliphatic heterocycles. The fourth-order valence-corrected chi connectivity index (χ4v) is 1.42. The summed E-state index contributed by atoms with van der Waals surface area (Å²) in [6.07, 6.45) is 0.849. The molecule has 0 radical (unpaired) electrons. The van der Waals surface area contributed by atoms with Crippen molar-refractivity contribution in [2.45, 2.75) is 19.8 Å². The minimum atomic E-state index is -0.436. The van der Waals surface area contributed by atoms with Gasteiger partial charge < -0.3 is 5.32 Å². The summed E-state index contributed by atoms with van der Waals surface area (Å²) in [6, 6.07) is 4.40. The molecule has 0 bridgehead atoms. The molecule has 0 aromatic heterocycles. The van der Waals surface area contributed by atoms with Gasteiger partial charge in [-0.15, -0.1) is 0 Å². The molecule has 1 aromatic carbocycles. The summed E-state index contributed by atoms with van der Waals surface area (Å²) in [6.45, 7) is 2.56. The van der Waals surface area contributed by atoms with Gasteiger partial charge in [0.05, 0.1) is 6.42 Å². The van der Waals surface area contributed by atoms with Crippen molar-refractivity contribution in [3.63, 3.8) is 0 Å². The fourth-order valence-electron chi connectivity index (χ4n) is 1.19. The molecule has 0 heterocycles. The Hall–Kier alpha value is -1.09. The van der Waals surface area contributed by atoms with E-state index in [1.165, 1.54) is 12.1 Å². The van der Waals surface area contributed by atoms with Gasteiger partial charge in [0.1, 0.15) is 5.82 Å². The molecule has 0 atom stereocenters. The van der Waals surface area contributed by atoms with Crippen molar-refractivity contribution in [1.29, 1.82) is 0 Å². The van der Waals surface area contributed by atoms with Crippen LogP contribution in [-0.2, 0) is 11.2 Å². The molecule has 1 aromatic rings. The van der Waals surface area contributed by atoms with E-state index in [1.807, 2.05) is 6.92 Å².